The van der Waals surface area contributed by atoms with Gasteiger partial charge in [0, 0.05) is 43.0 Å². The number of rotatable bonds is 7. The van der Waals surface area contributed by atoms with Crippen LogP contribution in [0, 0.1) is 6.92 Å². The minimum Gasteiger partial charge on any atom is -0.508 e. The zero-order valence-electron chi connectivity index (χ0n) is 14.4. The number of hydrogen-bond donors (Lipinski definition) is 2. The van der Waals surface area contributed by atoms with Gasteiger partial charge in [0.25, 0.3) is 0 Å². The maximum Gasteiger partial charge on any atom is 0.343 e. The summed E-state index contributed by atoms with van der Waals surface area (Å²) < 4.78 is 11.8. The van der Waals surface area contributed by atoms with Crippen LogP contribution in [0.15, 0.2) is 37.4 Å². The van der Waals surface area contributed by atoms with Crippen LogP contribution >= 0.6 is 11.8 Å². The first-order valence-corrected chi connectivity index (χ1v) is 9.02. The van der Waals surface area contributed by atoms with Crippen molar-refractivity contribution >= 4 is 22.7 Å². The number of aromatic hydroxyl groups is 1. The van der Waals surface area contributed by atoms with Gasteiger partial charge in [-0.15, -0.1) is 5.10 Å². The Balaban J connectivity index is 1.88. The number of hydrogen-bond acceptors (Lipinski definition) is 7. The minimum absolute atomic E-state index is 0.0738. The maximum atomic E-state index is 11.9. The summed E-state index contributed by atoms with van der Waals surface area (Å²) in [4.78, 5) is 23.8. The molecule has 26 heavy (non-hydrogen) atoms. The fourth-order valence-corrected chi connectivity index (χ4v) is 3.62. The van der Waals surface area contributed by atoms with E-state index in [0.717, 1.165) is 10.9 Å². The van der Waals surface area contributed by atoms with Crippen LogP contribution in [-0.2, 0) is 17.0 Å². The van der Waals surface area contributed by atoms with E-state index in [1.807, 2.05) is 0 Å². The molecule has 0 amide bonds. The first-order chi connectivity index (χ1) is 12.5. The monoisotopic (exact) mass is 377 g/mol. The molecule has 0 saturated heterocycles. The number of aromatic nitrogens is 3. The Labute approximate surface area is 152 Å². The topological polar surface area (TPSA) is 110 Å². The molecule has 0 saturated carbocycles. The smallest absolute Gasteiger partial charge is 0.343 e. The zero-order valence-corrected chi connectivity index (χ0v) is 15.3. The number of phenols is 1. The van der Waals surface area contributed by atoms with Crippen molar-refractivity contribution in [2.24, 2.45) is 0 Å². The molecule has 0 bridgehead atoms. The van der Waals surface area contributed by atoms with Crippen LogP contribution in [0.4, 0.5) is 0 Å². The number of thioether (sulfide) groups is 1. The van der Waals surface area contributed by atoms with E-state index < -0.39 is 5.63 Å². The second-order valence-electron chi connectivity index (χ2n) is 5.78. The predicted molar refractivity (Wildman–Crippen MR) is 97.8 cm³/mol. The van der Waals surface area contributed by atoms with E-state index in [2.05, 4.69) is 10.2 Å². The van der Waals surface area contributed by atoms with Crippen molar-refractivity contribution in [3.8, 4) is 5.75 Å². The Bertz CT molecular complexity index is 1040. The second kappa shape index (κ2) is 7.79. The average molecular weight is 377 g/mol. The standard InChI is InChI=1S/C17H19N3O5S/c1-10-13(21)5-4-12-11(8-14(22)25-15(10)12)9-26-17-19-18-16(23)20(17)6-3-7-24-2/h4-5,8,21H,3,6-7,9H2,1-2H3,(H,18,23). The number of fused-ring (bicyclic) bond motifs is 1. The van der Waals surface area contributed by atoms with Crippen LogP contribution in [0.5, 0.6) is 5.75 Å². The summed E-state index contributed by atoms with van der Waals surface area (Å²) >= 11 is 1.35. The Morgan fingerprint density at radius 3 is 2.96 bits per heavy atom. The third-order valence-corrected chi connectivity index (χ3v) is 5.05. The predicted octanol–water partition coefficient (Wildman–Crippen LogP) is 2.02. The van der Waals surface area contributed by atoms with E-state index in [0.29, 0.717) is 41.6 Å². The van der Waals surface area contributed by atoms with E-state index in [1.165, 1.54) is 17.8 Å². The lowest BCUT2D eigenvalue weighted by Gasteiger charge is -2.08. The summed E-state index contributed by atoms with van der Waals surface area (Å²) in [5.74, 6) is 0.505. The fourth-order valence-electron chi connectivity index (χ4n) is 2.66. The molecule has 0 aliphatic heterocycles. The highest BCUT2D eigenvalue weighted by atomic mass is 32.2. The molecule has 138 valence electrons. The maximum absolute atomic E-state index is 11.9. The molecule has 0 spiro atoms. The molecule has 2 N–H and O–H groups in total. The van der Waals surface area contributed by atoms with Crippen LogP contribution in [-0.4, -0.2) is 33.6 Å². The van der Waals surface area contributed by atoms with Gasteiger partial charge in [-0.1, -0.05) is 11.8 Å². The number of aromatic amines is 1. The van der Waals surface area contributed by atoms with Crippen LogP contribution in [0.3, 0.4) is 0 Å². The summed E-state index contributed by atoms with van der Waals surface area (Å²) in [5.41, 5.74) is 0.877. The lowest BCUT2D eigenvalue weighted by molar-refractivity contribution is 0.189. The number of aryl methyl sites for hydroxylation is 1. The van der Waals surface area contributed by atoms with Gasteiger partial charge in [0.2, 0.25) is 0 Å². The normalized spacial score (nSPS) is 11.3. The third-order valence-electron chi connectivity index (χ3n) is 4.03. The first kappa shape index (κ1) is 18.3. The molecule has 8 nitrogen and oxygen atoms in total. The van der Waals surface area contributed by atoms with Gasteiger partial charge < -0.3 is 14.3 Å². The summed E-state index contributed by atoms with van der Waals surface area (Å²) in [7, 11) is 1.61. The molecule has 2 aromatic heterocycles. The van der Waals surface area contributed by atoms with E-state index >= 15 is 0 Å². The molecule has 9 heteroatoms. The van der Waals surface area contributed by atoms with Crippen molar-refractivity contribution in [1.82, 2.24) is 14.8 Å². The molecular weight excluding hydrogens is 358 g/mol. The molecule has 2 heterocycles. The van der Waals surface area contributed by atoms with Crippen LogP contribution < -0.4 is 11.3 Å². The average Bonchev–Trinajstić information content (AvgIpc) is 2.97. The minimum atomic E-state index is -0.485. The number of phenolic OH excluding ortho intramolecular Hbond substituents is 1. The van der Waals surface area contributed by atoms with Crippen molar-refractivity contribution < 1.29 is 14.3 Å². The van der Waals surface area contributed by atoms with E-state index in [-0.39, 0.29) is 11.4 Å². The van der Waals surface area contributed by atoms with Gasteiger partial charge in [-0.25, -0.2) is 14.7 Å². The fraction of sp³-hybridized carbons (Fsp3) is 0.353. The lowest BCUT2D eigenvalue weighted by Crippen LogP contribution is -2.18. The Morgan fingerprint density at radius 2 is 2.19 bits per heavy atom. The molecule has 0 radical (unpaired) electrons. The number of ether oxygens (including phenoxy) is 1. The van der Waals surface area contributed by atoms with Gasteiger partial charge >= 0.3 is 11.3 Å². The van der Waals surface area contributed by atoms with E-state index in [4.69, 9.17) is 9.15 Å². The summed E-state index contributed by atoms with van der Waals surface area (Å²) in [5, 5.41) is 17.6. The molecule has 3 rings (SSSR count). The van der Waals surface area contributed by atoms with Crippen LogP contribution in [0.2, 0.25) is 0 Å². The molecule has 0 aliphatic rings. The number of nitrogens with zero attached hydrogens (tertiary/aromatic N) is 2. The highest BCUT2D eigenvalue weighted by Gasteiger charge is 2.13. The number of nitrogens with one attached hydrogen (secondary N) is 1. The van der Waals surface area contributed by atoms with E-state index in [9.17, 15) is 14.7 Å². The molecule has 0 aliphatic carbocycles. The lowest BCUT2D eigenvalue weighted by atomic mass is 10.1. The first-order valence-electron chi connectivity index (χ1n) is 8.03. The van der Waals surface area contributed by atoms with Crippen molar-refractivity contribution in [1.29, 1.82) is 0 Å². The SMILES string of the molecule is COCCCn1c(SCc2cc(=O)oc3c(C)c(O)ccc23)n[nH]c1=O. The second-order valence-corrected chi connectivity index (χ2v) is 6.72. The van der Waals surface area contributed by atoms with Gasteiger partial charge in [0.1, 0.15) is 11.3 Å². The largest absolute Gasteiger partial charge is 0.508 e. The van der Waals surface area contributed by atoms with Gasteiger partial charge in [-0.2, -0.15) is 0 Å². The molecular formula is C17H19N3O5S. The van der Waals surface area contributed by atoms with Crippen LogP contribution in [0.1, 0.15) is 17.5 Å². The van der Waals surface area contributed by atoms with Crippen LogP contribution in [0.25, 0.3) is 11.0 Å². The molecule has 0 fully saturated rings. The summed E-state index contributed by atoms with van der Waals surface area (Å²) in [6, 6.07) is 4.71. The van der Waals surface area contributed by atoms with Crippen molar-refractivity contribution in [2.75, 3.05) is 13.7 Å². The molecule has 0 atom stereocenters. The highest BCUT2D eigenvalue weighted by molar-refractivity contribution is 7.98. The summed E-state index contributed by atoms with van der Waals surface area (Å²) in [6.45, 7) is 2.74. The van der Waals surface area contributed by atoms with Gasteiger partial charge in [0.05, 0.1) is 0 Å². The van der Waals surface area contributed by atoms with Crippen molar-refractivity contribution in [2.45, 2.75) is 30.8 Å². The quantitative estimate of drug-likeness (QED) is 0.368. The molecule has 3 aromatic rings. The Kier molecular flexibility index (Phi) is 5.48. The Morgan fingerprint density at radius 1 is 1.38 bits per heavy atom. The van der Waals surface area contributed by atoms with Crippen molar-refractivity contribution in [3.63, 3.8) is 0 Å². The molecule has 1 aromatic carbocycles. The van der Waals surface area contributed by atoms with E-state index in [1.54, 1.807) is 30.7 Å². The number of methoxy groups -OCH3 is 1. The Hall–Kier alpha value is -2.52. The van der Waals surface area contributed by atoms with Gasteiger partial charge in [-0.3, -0.25) is 4.57 Å². The number of benzene rings is 1. The molecule has 0 unspecified atom stereocenters. The van der Waals surface area contributed by atoms with Gasteiger partial charge in [-0.05, 0) is 31.0 Å². The number of H-pyrrole nitrogens is 1. The van der Waals surface area contributed by atoms with Crippen molar-refractivity contribution in [3.05, 3.63) is 50.2 Å². The summed E-state index contributed by atoms with van der Waals surface area (Å²) in [6.07, 6.45) is 0.694. The highest BCUT2D eigenvalue weighted by Crippen LogP contribution is 2.30. The third kappa shape index (κ3) is 3.68. The van der Waals surface area contributed by atoms with Gasteiger partial charge in [0.15, 0.2) is 5.16 Å². The zero-order chi connectivity index (χ0) is 18.7.